The minimum absolute atomic E-state index is 0.00403. The number of amides is 1. The van der Waals surface area contributed by atoms with Crippen LogP contribution in [0.1, 0.15) is 12.0 Å². The quantitative estimate of drug-likeness (QED) is 0.481. The molecule has 0 radical (unpaired) electrons. The molecule has 0 atom stereocenters. The molecule has 0 aromatic heterocycles. The van der Waals surface area contributed by atoms with Gasteiger partial charge in [0.1, 0.15) is 5.75 Å². The van der Waals surface area contributed by atoms with Crippen molar-refractivity contribution in [2.24, 2.45) is 0 Å². The maximum absolute atomic E-state index is 13.4. The average Bonchev–Trinajstić information content (AvgIpc) is 2.82. The monoisotopic (exact) mass is 495 g/mol. The summed E-state index contributed by atoms with van der Waals surface area (Å²) in [7, 11) is -2.52. The number of rotatable bonds is 11. The summed E-state index contributed by atoms with van der Waals surface area (Å²) in [5.74, 6) is 0.0272. The highest BCUT2D eigenvalue weighted by Crippen LogP contribution is 2.29. The summed E-state index contributed by atoms with van der Waals surface area (Å²) in [4.78, 5) is 14.9. The van der Waals surface area contributed by atoms with Crippen molar-refractivity contribution in [3.05, 3.63) is 59.1 Å². The van der Waals surface area contributed by atoms with Crippen LogP contribution in [0.5, 0.6) is 5.75 Å². The predicted octanol–water partition coefficient (Wildman–Crippen LogP) is 2.38. The number of hydrogen-bond acceptors (Lipinski definition) is 6. The Bertz CT molecular complexity index is 1010. The fourth-order valence-electron chi connectivity index (χ4n) is 3.54. The summed E-state index contributed by atoms with van der Waals surface area (Å²) < 4.78 is 38.4. The molecule has 1 fully saturated rings. The topological polar surface area (TPSA) is 88.2 Å². The molecule has 1 N–H and O–H groups in total. The molecule has 0 saturated carbocycles. The van der Waals surface area contributed by atoms with Crippen LogP contribution in [-0.2, 0) is 26.1 Å². The Hall–Kier alpha value is -2.17. The summed E-state index contributed by atoms with van der Waals surface area (Å²) in [6, 6.07) is 13.4. The number of benzene rings is 2. The van der Waals surface area contributed by atoms with Gasteiger partial charge in [-0.3, -0.25) is 9.69 Å². The fraction of sp³-hybridized carbons (Fsp3) is 0.435. The van der Waals surface area contributed by atoms with Gasteiger partial charge in [-0.05, 0) is 36.7 Å². The van der Waals surface area contributed by atoms with Crippen molar-refractivity contribution >= 4 is 27.5 Å². The van der Waals surface area contributed by atoms with Gasteiger partial charge in [-0.25, -0.2) is 8.42 Å². The zero-order valence-electron chi connectivity index (χ0n) is 18.7. The van der Waals surface area contributed by atoms with Crippen LogP contribution in [0.4, 0.5) is 0 Å². The van der Waals surface area contributed by atoms with E-state index in [1.807, 2.05) is 30.3 Å². The number of morpholine rings is 1. The zero-order chi connectivity index (χ0) is 23.7. The lowest BCUT2D eigenvalue weighted by Gasteiger charge is -2.26. The number of nitrogens with one attached hydrogen (secondary N) is 1. The largest absolute Gasteiger partial charge is 0.495 e. The molecule has 0 unspecified atom stereocenters. The molecule has 0 bridgehead atoms. The van der Waals surface area contributed by atoms with Crippen LogP contribution in [0.25, 0.3) is 0 Å². The molecular weight excluding hydrogens is 466 g/mol. The van der Waals surface area contributed by atoms with Crippen LogP contribution < -0.4 is 10.1 Å². The first kappa shape index (κ1) is 25.5. The maximum Gasteiger partial charge on any atom is 0.243 e. The molecule has 8 nitrogen and oxygen atoms in total. The third-order valence-electron chi connectivity index (χ3n) is 5.36. The van der Waals surface area contributed by atoms with Crippen LogP contribution in [-0.4, -0.2) is 76.6 Å². The Kier molecular flexibility index (Phi) is 9.52. The van der Waals surface area contributed by atoms with Gasteiger partial charge >= 0.3 is 0 Å². The summed E-state index contributed by atoms with van der Waals surface area (Å²) in [6.07, 6.45) is 0.783. The standard InChI is InChI=1S/C23H30ClN3O5S/c1-31-22-9-8-20(16-21(22)24)33(29,30)27(17-19-6-3-2-4-7-19)18-23(28)25-10-5-11-26-12-14-32-15-13-26/h2-4,6-9,16H,5,10-15,17-18H2,1H3,(H,25,28). The SMILES string of the molecule is COc1ccc(S(=O)(=O)N(CC(=O)NCCCN2CCOCC2)Cc2ccccc2)cc1Cl. The highest BCUT2D eigenvalue weighted by Gasteiger charge is 2.27. The molecule has 0 spiro atoms. The van der Waals surface area contributed by atoms with Crippen LogP contribution in [0.2, 0.25) is 5.02 Å². The first-order valence-electron chi connectivity index (χ1n) is 10.8. The highest BCUT2D eigenvalue weighted by atomic mass is 35.5. The maximum atomic E-state index is 13.4. The third-order valence-corrected chi connectivity index (χ3v) is 7.44. The summed E-state index contributed by atoms with van der Waals surface area (Å²) in [5, 5.41) is 3.03. The van der Waals surface area contributed by atoms with Crippen LogP contribution in [0, 0.1) is 0 Å². The molecule has 180 valence electrons. The number of hydrogen-bond donors (Lipinski definition) is 1. The van der Waals surface area contributed by atoms with Crippen LogP contribution >= 0.6 is 11.6 Å². The number of halogens is 1. The Balaban J connectivity index is 1.67. The van der Waals surface area contributed by atoms with E-state index in [-0.39, 0.29) is 28.9 Å². The van der Waals surface area contributed by atoms with Gasteiger partial charge in [0, 0.05) is 26.2 Å². The van der Waals surface area contributed by atoms with E-state index >= 15 is 0 Å². The van der Waals surface area contributed by atoms with Crippen molar-refractivity contribution < 1.29 is 22.7 Å². The van der Waals surface area contributed by atoms with Gasteiger partial charge in [0.25, 0.3) is 0 Å². The summed E-state index contributed by atoms with van der Waals surface area (Å²) in [5.41, 5.74) is 0.779. The minimum atomic E-state index is -3.98. The van der Waals surface area contributed by atoms with Crippen molar-refractivity contribution in [3.63, 3.8) is 0 Å². The average molecular weight is 496 g/mol. The van der Waals surface area contributed by atoms with E-state index in [4.69, 9.17) is 21.1 Å². The molecular formula is C23H30ClN3O5S. The first-order chi connectivity index (χ1) is 15.9. The van der Waals surface area contributed by atoms with E-state index < -0.39 is 10.0 Å². The second kappa shape index (κ2) is 12.3. The van der Waals surface area contributed by atoms with E-state index in [1.54, 1.807) is 0 Å². The van der Waals surface area contributed by atoms with Gasteiger partial charge in [0.15, 0.2) is 0 Å². The second-order valence-electron chi connectivity index (χ2n) is 7.71. The molecule has 2 aromatic rings. The molecule has 3 rings (SSSR count). The first-order valence-corrected chi connectivity index (χ1v) is 12.7. The van der Waals surface area contributed by atoms with Crippen molar-refractivity contribution in [1.29, 1.82) is 0 Å². The van der Waals surface area contributed by atoms with Crippen molar-refractivity contribution in [2.45, 2.75) is 17.9 Å². The lowest BCUT2D eigenvalue weighted by molar-refractivity contribution is -0.121. The van der Waals surface area contributed by atoms with Gasteiger partial charge < -0.3 is 14.8 Å². The van der Waals surface area contributed by atoms with Gasteiger partial charge in [0.2, 0.25) is 15.9 Å². The van der Waals surface area contributed by atoms with E-state index in [0.29, 0.717) is 12.3 Å². The number of nitrogens with zero attached hydrogens (tertiary/aromatic N) is 2. The van der Waals surface area contributed by atoms with E-state index in [0.717, 1.165) is 49.1 Å². The predicted molar refractivity (Wildman–Crippen MR) is 127 cm³/mol. The van der Waals surface area contributed by atoms with Crippen molar-refractivity contribution in [3.8, 4) is 5.75 Å². The van der Waals surface area contributed by atoms with Crippen molar-refractivity contribution in [1.82, 2.24) is 14.5 Å². The molecule has 33 heavy (non-hydrogen) atoms. The summed E-state index contributed by atoms with van der Waals surface area (Å²) >= 11 is 6.16. The fourth-order valence-corrected chi connectivity index (χ4v) is 5.27. The second-order valence-corrected chi connectivity index (χ2v) is 10.1. The molecule has 10 heteroatoms. The molecule has 1 aliphatic rings. The molecule has 2 aromatic carbocycles. The third kappa shape index (κ3) is 7.41. The molecule has 1 saturated heterocycles. The van der Waals surface area contributed by atoms with Gasteiger partial charge in [-0.1, -0.05) is 41.9 Å². The lowest BCUT2D eigenvalue weighted by atomic mass is 10.2. The minimum Gasteiger partial charge on any atom is -0.495 e. The normalized spacial score (nSPS) is 14.9. The smallest absolute Gasteiger partial charge is 0.243 e. The Morgan fingerprint density at radius 1 is 1.18 bits per heavy atom. The van der Waals surface area contributed by atoms with Gasteiger partial charge in [0.05, 0.1) is 36.8 Å². The summed E-state index contributed by atoms with van der Waals surface area (Å²) in [6.45, 7) is 4.35. The molecule has 1 heterocycles. The van der Waals surface area contributed by atoms with E-state index in [9.17, 15) is 13.2 Å². The molecule has 1 amide bonds. The number of carbonyl (C=O) groups excluding carboxylic acids is 1. The Labute approximate surface area is 200 Å². The van der Waals surface area contributed by atoms with E-state index in [1.165, 1.54) is 25.3 Å². The Morgan fingerprint density at radius 2 is 1.91 bits per heavy atom. The number of sulfonamides is 1. The lowest BCUT2D eigenvalue weighted by Crippen LogP contribution is -2.41. The van der Waals surface area contributed by atoms with Gasteiger partial charge in [-0.15, -0.1) is 0 Å². The zero-order valence-corrected chi connectivity index (χ0v) is 20.3. The van der Waals surface area contributed by atoms with Crippen LogP contribution in [0.3, 0.4) is 0 Å². The highest BCUT2D eigenvalue weighted by molar-refractivity contribution is 7.89. The molecule has 0 aliphatic carbocycles. The van der Waals surface area contributed by atoms with Gasteiger partial charge in [-0.2, -0.15) is 4.31 Å². The Morgan fingerprint density at radius 3 is 2.58 bits per heavy atom. The number of ether oxygens (including phenoxy) is 2. The number of carbonyl (C=O) groups is 1. The van der Waals surface area contributed by atoms with Crippen LogP contribution in [0.15, 0.2) is 53.4 Å². The van der Waals surface area contributed by atoms with E-state index in [2.05, 4.69) is 10.2 Å². The van der Waals surface area contributed by atoms with Crippen molar-refractivity contribution in [2.75, 3.05) is 53.0 Å². The molecule has 1 aliphatic heterocycles. The number of methoxy groups -OCH3 is 1.